The second kappa shape index (κ2) is 11.3. The molecule has 0 heterocycles. The molecular formula is C7H17NO2. The summed E-state index contributed by atoms with van der Waals surface area (Å²) >= 11 is 0. The molecule has 0 aliphatic carbocycles. The number of oxime groups is 1. The zero-order chi connectivity index (χ0) is 8.41. The van der Waals surface area contributed by atoms with Gasteiger partial charge in [-0.25, -0.2) is 0 Å². The lowest BCUT2D eigenvalue weighted by Crippen LogP contribution is -1.83. The Kier molecular flexibility index (Phi) is 13.7. The van der Waals surface area contributed by atoms with Gasteiger partial charge in [-0.15, -0.1) is 0 Å². The molecule has 0 atom stereocenters. The number of methoxy groups -OCH3 is 1. The minimum absolute atomic E-state index is 0.773. The van der Waals surface area contributed by atoms with Crippen molar-refractivity contribution in [3.05, 3.63) is 0 Å². The summed E-state index contributed by atoms with van der Waals surface area (Å²) in [7, 11) is 1.68. The summed E-state index contributed by atoms with van der Waals surface area (Å²) in [4.78, 5) is 0. The zero-order valence-corrected chi connectivity index (χ0v) is 7.22. The molecule has 0 aliphatic heterocycles. The van der Waals surface area contributed by atoms with Crippen LogP contribution in [-0.2, 0) is 4.74 Å². The summed E-state index contributed by atoms with van der Waals surface area (Å²) in [6, 6.07) is 0. The van der Waals surface area contributed by atoms with Crippen LogP contribution < -0.4 is 0 Å². The number of hydrogen-bond acceptors (Lipinski definition) is 3. The highest BCUT2D eigenvalue weighted by atomic mass is 16.5. The molecule has 1 N–H and O–H groups in total. The second-order valence-electron chi connectivity index (χ2n) is 1.77. The van der Waals surface area contributed by atoms with E-state index in [2.05, 4.69) is 9.89 Å². The minimum Gasteiger partial charge on any atom is -0.411 e. The summed E-state index contributed by atoms with van der Waals surface area (Å²) in [6.07, 6.45) is 0.830. The Labute approximate surface area is 62.7 Å². The van der Waals surface area contributed by atoms with Crippen molar-refractivity contribution in [1.29, 1.82) is 0 Å². The molecule has 0 unspecified atom stereocenters. The lowest BCUT2D eigenvalue weighted by atomic mass is 10.3. The maximum atomic E-state index is 7.92. The minimum atomic E-state index is 0.773. The third kappa shape index (κ3) is 15.7. The third-order valence-corrected chi connectivity index (χ3v) is 0.971. The molecule has 0 rings (SSSR count). The topological polar surface area (TPSA) is 41.8 Å². The molecule has 3 heteroatoms. The lowest BCUT2D eigenvalue weighted by molar-refractivity contribution is 0.215. The van der Waals surface area contributed by atoms with Crippen LogP contribution in [0.5, 0.6) is 0 Å². The van der Waals surface area contributed by atoms with Gasteiger partial charge in [-0.1, -0.05) is 12.1 Å². The van der Waals surface area contributed by atoms with Crippen molar-refractivity contribution in [2.45, 2.75) is 27.2 Å². The standard InChI is InChI=1S/C4H9NO.C3H8O/c1-3-4(2)5-6;1-3-4-2/h6H,3H2,1-2H3;3H2,1-2H3/b5-4-;. The summed E-state index contributed by atoms with van der Waals surface area (Å²) < 4.78 is 4.54. The first-order valence-corrected chi connectivity index (χ1v) is 3.39. The average molecular weight is 147 g/mol. The van der Waals surface area contributed by atoms with Gasteiger partial charge in [0.2, 0.25) is 0 Å². The first-order valence-electron chi connectivity index (χ1n) is 3.39. The molecule has 10 heavy (non-hydrogen) atoms. The molecule has 0 saturated heterocycles. The molecule has 3 nitrogen and oxygen atoms in total. The fourth-order valence-corrected chi connectivity index (χ4v) is 0.0707. The van der Waals surface area contributed by atoms with E-state index in [4.69, 9.17) is 5.21 Å². The molecule has 62 valence electrons. The fraction of sp³-hybridized carbons (Fsp3) is 0.857. The van der Waals surface area contributed by atoms with Gasteiger partial charge in [0.05, 0.1) is 5.71 Å². The highest BCUT2D eigenvalue weighted by Crippen LogP contribution is 1.78. The molecule has 0 aromatic carbocycles. The first-order chi connectivity index (χ1) is 4.72. The zero-order valence-electron chi connectivity index (χ0n) is 7.22. The van der Waals surface area contributed by atoms with Gasteiger partial charge in [-0.2, -0.15) is 0 Å². The van der Waals surface area contributed by atoms with E-state index in [1.807, 2.05) is 13.8 Å². The number of nitrogens with zero attached hydrogens (tertiary/aromatic N) is 1. The van der Waals surface area contributed by atoms with Crippen molar-refractivity contribution in [1.82, 2.24) is 0 Å². The molecule has 0 radical (unpaired) electrons. The largest absolute Gasteiger partial charge is 0.411 e. The Bertz CT molecular complexity index is 79.7. The van der Waals surface area contributed by atoms with E-state index in [0.717, 1.165) is 18.7 Å². The van der Waals surface area contributed by atoms with Crippen LogP contribution in [-0.4, -0.2) is 24.6 Å². The smallest absolute Gasteiger partial charge is 0.0537 e. The van der Waals surface area contributed by atoms with Crippen LogP contribution in [0.3, 0.4) is 0 Å². The Balaban J connectivity index is 0. The van der Waals surface area contributed by atoms with Crippen LogP contribution in [0.15, 0.2) is 5.16 Å². The van der Waals surface area contributed by atoms with E-state index in [1.54, 1.807) is 14.0 Å². The SMILES string of the molecule is CC/C(C)=N\O.CCOC. The van der Waals surface area contributed by atoms with Crippen molar-refractivity contribution in [3.8, 4) is 0 Å². The number of ether oxygens (including phenoxy) is 1. The Morgan fingerprint density at radius 3 is 1.90 bits per heavy atom. The molecule has 0 fully saturated rings. The van der Waals surface area contributed by atoms with Gasteiger partial charge in [-0.3, -0.25) is 0 Å². The molecule has 0 aromatic heterocycles. The molecule has 0 aliphatic rings. The van der Waals surface area contributed by atoms with E-state index >= 15 is 0 Å². The van der Waals surface area contributed by atoms with Crippen LogP contribution in [0.1, 0.15) is 27.2 Å². The Morgan fingerprint density at radius 1 is 1.50 bits per heavy atom. The highest BCUT2D eigenvalue weighted by Gasteiger charge is 1.77. The van der Waals surface area contributed by atoms with Gasteiger partial charge < -0.3 is 9.94 Å². The number of hydrogen-bond donors (Lipinski definition) is 1. The Hall–Kier alpha value is -0.570. The summed E-state index contributed by atoms with van der Waals surface area (Å²) in [6.45, 7) is 6.50. The van der Waals surface area contributed by atoms with Gasteiger partial charge in [-0.05, 0) is 20.3 Å². The molecule has 0 aromatic rings. The molecule has 0 saturated carbocycles. The van der Waals surface area contributed by atoms with Gasteiger partial charge in [0, 0.05) is 13.7 Å². The first kappa shape index (κ1) is 12.1. The summed E-state index contributed by atoms with van der Waals surface area (Å²) in [5.41, 5.74) is 0.773. The number of rotatable bonds is 2. The normalized spacial score (nSPS) is 10.2. The highest BCUT2D eigenvalue weighted by molar-refractivity contribution is 5.80. The maximum Gasteiger partial charge on any atom is 0.0537 e. The second-order valence-corrected chi connectivity index (χ2v) is 1.77. The van der Waals surface area contributed by atoms with Crippen LogP contribution in [0.4, 0.5) is 0 Å². The van der Waals surface area contributed by atoms with Crippen LogP contribution in [0, 0.1) is 0 Å². The van der Waals surface area contributed by atoms with Crippen molar-refractivity contribution < 1.29 is 9.94 Å². The predicted molar refractivity (Wildman–Crippen MR) is 42.7 cm³/mol. The molecular weight excluding hydrogens is 130 g/mol. The average Bonchev–Trinajstić information content (AvgIpc) is 2.03. The van der Waals surface area contributed by atoms with Gasteiger partial charge in [0.1, 0.15) is 0 Å². The van der Waals surface area contributed by atoms with E-state index in [-0.39, 0.29) is 0 Å². The van der Waals surface area contributed by atoms with Gasteiger partial charge in [0.25, 0.3) is 0 Å². The van der Waals surface area contributed by atoms with Crippen LogP contribution >= 0.6 is 0 Å². The van der Waals surface area contributed by atoms with Crippen molar-refractivity contribution in [3.63, 3.8) is 0 Å². The third-order valence-electron chi connectivity index (χ3n) is 0.971. The molecule has 0 bridgehead atoms. The van der Waals surface area contributed by atoms with Crippen molar-refractivity contribution in [2.75, 3.05) is 13.7 Å². The van der Waals surface area contributed by atoms with E-state index in [1.165, 1.54) is 0 Å². The molecule has 0 spiro atoms. The Morgan fingerprint density at radius 2 is 1.90 bits per heavy atom. The monoisotopic (exact) mass is 147 g/mol. The quantitative estimate of drug-likeness (QED) is 0.368. The van der Waals surface area contributed by atoms with E-state index in [9.17, 15) is 0 Å². The van der Waals surface area contributed by atoms with E-state index < -0.39 is 0 Å². The maximum absolute atomic E-state index is 7.92. The van der Waals surface area contributed by atoms with Crippen LogP contribution in [0.25, 0.3) is 0 Å². The lowest BCUT2D eigenvalue weighted by Gasteiger charge is -1.81. The van der Waals surface area contributed by atoms with Gasteiger partial charge >= 0.3 is 0 Å². The molecule has 0 amide bonds. The summed E-state index contributed by atoms with van der Waals surface area (Å²) in [5, 5.41) is 10.8. The van der Waals surface area contributed by atoms with Crippen LogP contribution in [0.2, 0.25) is 0 Å². The fourth-order valence-electron chi connectivity index (χ4n) is 0.0707. The summed E-state index contributed by atoms with van der Waals surface area (Å²) in [5.74, 6) is 0. The van der Waals surface area contributed by atoms with Crippen molar-refractivity contribution in [2.24, 2.45) is 5.16 Å². The predicted octanol–water partition coefficient (Wildman–Crippen LogP) is 1.90. The van der Waals surface area contributed by atoms with Gasteiger partial charge in [0.15, 0.2) is 0 Å². The van der Waals surface area contributed by atoms with Crippen molar-refractivity contribution >= 4 is 5.71 Å². The van der Waals surface area contributed by atoms with E-state index in [0.29, 0.717) is 0 Å².